The molecule has 1 aliphatic heterocycles. The van der Waals surface area contributed by atoms with Crippen LogP contribution in [0.25, 0.3) is 22.0 Å². The van der Waals surface area contributed by atoms with Crippen LogP contribution in [0.1, 0.15) is 16.7 Å². The highest BCUT2D eigenvalue weighted by Gasteiger charge is 2.21. The molecule has 1 aliphatic rings. The second-order valence-electron chi connectivity index (χ2n) is 6.70. The van der Waals surface area contributed by atoms with Gasteiger partial charge in [-0.05, 0) is 39.1 Å². The first kappa shape index (κ1) is 15.0. The molecule has 0 spiro atoms. The van der Waals surface area contributed by atoms with Crippen molar-refractivity contribution in [2.24, 2.45) is 0 Å². The SMILES string of the molecule is c1ccc(C2=C(c3ccccc3)Nc3ccc4ccccc4c3C2)cc1. The summed E-state index contributed by atoms with van der Waals surface area (Å²) >= 11 is 0. The average Bonchev–Trinajstić information content (AvgIpc) is 2.74. The molecule has 124 valence electrons. The van der Waals surface area contributed by atoms with Crippen LogP contribution < -0.4 is 5.32 Å². The molecule has 0 aliphatic carbocycles. The molecule has 0 atom stereocenters. The van der Waals surface area contributed by atoms with Crippen molar-refractivity contribution in [2.75, 3.05) is 5.32 Å². The maximum Gasteiger partial charge on any atom is 0.0499 e. The second kappa shape index (κ2) is 6.20. The Labute approximate surface area is 153 Å². The highest BCUT2D eigenvalue weighted by molar-refractivity contribution is 6.04. The van der Waals surface area contributed by atoms with Crippen LogP contribution in [0.5, 0.6) is 0 Å². The van der Waals surface area contributed by atoms with Gasteiger partial charge >= 0.3 is 0 Å². The molecule has 0 unspecified atom stereocenters. The zero-order chi connectivity index (χ0) is 17.3. The summed E-state index contributed by atoms with van der Waals surface area (Å²) in [5.74, 6) is 0. The molecular weight excluding hydrogens is 314 g/mol. The number of fused-ring (bicyclic) bond motifs is 3. The van der Waals surface area contributed by atoms with Gasteiger partial charge in [-0.15, -0.1) is 0 Å². The molecule has 1 nitrogen and oxygen atoms in total. The van der Waals surface area contributed by atoms with Crippen molar-refractivity contribution in [3.05, 3.63) is 114 Å². The van der Waals surface area contributed by atoms with E-state index < -0.39 is 0 Å². The third-order valence-corrected chi connectivity index (χ3v) is 5.14. The Hall–Kier alpha value is -3.32. The zero-order valence-corrected chi connectivity index (χ0v) is 14.4. The molecule has 0 aromatic heterocycles. The number of hydrogen-bond acceptors (Lipinski definition) is 1. The monoisotopic (exact) mass is 333 g/mol. The van der Waals surface area contributed by atoms with Crippen molar-refractivity contribution >= 4 is 27.7 Å². The van der Waals surface area contributed by atoms with Crippen molar-refractivity contribution in [3.8, 4) is 0 Å². The van der Waals surface area contributed by atoms with Gasteiger partial charge in [0.25, 0.3) is 0 Å². The lowest BCUT2D eigenvalue weighted by molar-refractivity contribution is 1.27. The molecule has 1 N–H and O–H groups in total. The van der Waals surface area contributed by atoms with E-state index in [0.29, 0.717) is 0 Å². The van der Waals surface area contributed by atoms with Crippen molar-refractivity contribution in [1.29, 1.82) is 0 Å². The standard InChI is InChI=1S/C25H19N/c1-3-9-18(10-4-1)22-17-23-21-14-8-7-11-19(21)15-16-24(23)26-25(22)20-12-5-2-6-13-20/h1-16,26H,17H2. The molecule has 1 heteroatoms. The summed E-state index contributed by atoms with van der Waals surface area (Å²) in [4.78, 5) is 0. The Morgan fingerprint density at radius 1 is 0.577 bits per heavy atom. The third kappa shape index (κ3) is 2.49. The number of benzene rings is 4. The van der Waals surface area contributed by atoms with Crippen LogP contribution >= 0.6 is 0 Å². The van der Waals surface area contributed by atoms with Crippen LogP contribution in [0.3, 0.4) is 0 Å². The van der Waals surface area contributed by atoms with Crippen LogP contribution in [0.15, 0.2) is 97.1 Å². The lowest BCUT2D eigenvalue weighted by atomic mass is 9.87. The minimum atomic E-state index is 0.928. The Balaban J connectivity index is 1.74. The Bertz CT molecular complexity index is 1110. The third-order valence-electron chi connectivity index (χ3n) is 5.14. The van der Waals surface area contributed by atoms with E-state index in [1.165, 1.54) is 44.4 Å². The van der Waals surface area contributed by atoms with E-state index in [-0.39, 0.29) is 0 Å². The maximum absolute atomic E-state index is 3.73. The number of allylic oxidation sites excluding steroid dienone is 1. The summed E-state index contributed by atoms with van der Waals surface area (Å²) in [5.41, 5.74) is 7.65. The molecule has 0 bridgehead atoms. The van der Waals surface area contributed by atoms with Gasteiger partial charge in [0.1, 0.15) is 0 Å². The summed E-state index contributed by atoms with van der Waals surface area (Å²) in [6.07, 6.45) is 0.928. The van der Waals surface area contributed by atoms with Crippen LogP contribution in [-0.4, -0.2) is 0 Å². The van der Waals surface area contributed by atoms with E-state index in [1.54, 1.807) is 0 Å². The van der Waals surface area contributed by atoms with Gasteiger partial charge in [-0.1, -0.05) is 91.0 Å². The highest BCUT2D eigenvalue weighted by Crippen LogP contribution is 2.40. The summed E-state index contributed by atoms with van der Waals surface area (Å²) < 4.78 is 0. The largest absolute Gasteiger partial charge is 0.355 e. The second-order valence-corrected chi connectivity index (χ2v) is 6.70. The molecule has 1 heterocycles. The number of rotatable bonds is 2. The first-order valence-corrected chi connectivity index (χ1v) is 9.02. The van der Waals surface area contributed by atoms with Gasteiger partial charge < -0.3 is 5.32 Å². The van der Waals surface area contributed by atoms with Crippen LogP contribution in [0, 0.1) is 0 Å². The first-order chi connectivity index (χ1) is 12.9. The van der Waals surface area contributed by atoms with Gasteiger partial charge in [-0.25, -0.2) is 0 Å². The van der Waals surface area contributed by atoms with Crippen LogP contribution in [0.4, 0.5) is 5.69 Å². The number of hydrogen-bond donors (Lipinski definition) is 1. The molecule has 0 saturated carbocycles. The quantitative estimate of drug-likeness (QED) is 0.449. The molecule has 0 amide bonds. The summed E-state index contributed by atoms with van der Waals surface area (Å²) in [6.45, 7) is 0. The average molecular weight is 333 g/mol. The Kier molecular flexibility index (Phi) is 3.57. The van der Waals surface area contributed by atoms with E-state index in [1.807, 2.05) is 0 Å². The smallest absolute Gasteiger partial charge is 0.0499 e. The van der Waals surface area contributed by atoms with E-state index in [4.69, 9.17) is 0 Å². The van der Waals surface area contributed by atoms with Crippen LogP contribution in [0.2, 0.25) is 0 Å². The van der Waals surface area contributed by atoms with Gasteiger partial charge in [0.15, 0.2) is 0 Å². The summed E-state index contributed by atoms with van der Waals surface area (Å²) in [7, 11) is 0. The number of nitrogens with one attached hydrogen (secondary N) is 1. The molecular formula is C25H19N. The molecule has 4 aromatic carbocycles. The Morgan fingerprint density at radius 2 is 1.23 bits per heavy atom. The summed E-state index contributed by atoms with van der Waals surface area (Å²) in [6, 6.07) is 34.4. The molecule has 5 rings (SSSR count). The zero-order valence-electron chi connectivity index (χ0n) is 14.4. The number of anilines is 1. The predicted octanol–water partition coefficient (Wildman–Crippen LogP) is 6.38. The normalized spacial score (nSPS) is 13.4. The predicted molar refractivity (Wildman–Crippen MR) is 111 cm³/mol. The van der Waals surface area contributed by atoms with E-state index >= 15 is 0 Å². The lowest BCUT2D eigenvalue weighted by Crippen LogP contribution is -2.12. The fourth-order valence-corrected chi connectivity index (χ4v) is 3.86. The van der Waals surface area contributed by atoms with E-state index in [2.05, 4.69) is 102 Å². The maximum atomic E-state index is 3.73. The van der Waals surface area contributed by atoms with Crippen molar-refractivity contribution in [1.82, 2.24) is 0 Å². The minimum Gasteiger partial charge on any atom is -0.355 e. The van der Waals surface area contributed by atoms with Crippen LogP contribution in [-0.2, 0) is 6.42 Å². The fraction of sp³-hybridized carbons (Fsp3) is 0.0400. The molecule has 26 heavy (non-hydrogen) atoms. The van der Waals surface area contributed by atoms with Gasteiger partial charge in [0.2, 0.25) is 0 Å². The van der Waals surface area contributed by atoms with Crippen molar-refractivity contribution < 1.29 is 0 Å². The molecule has 0 radical (unpaired) electrons. The molecule has 0 saturated heterocycles. The van der Waals surface area contributed by atoms with E-state index in [0.717, 1.165) is 6.42 Å². The highest BCUT2D eigenvalue weighted by atomic mass is 14.9. The first-order valence-electron chi connectivity index (χ1n) is 9.02. The lowest BCUT2D eigenvalue weighted by Gasteiger charge is -2.27. The topological polar surface area (TPSA) is 12.0 Å². The summed E-state index contributed by atoms with van der Waals surface area (Å²) in [5, 5.41) is 6.36. The fourth-order valence-electron chi connectivity index (χ4n) is 3.86. The van der Waals surface area contributed by atoms with Crippen molar-refractivity contribution in [2.45, 2.75) is 6.42 Å². The van der Waals surface area contributed by atoms with E-state index in [9.17, 15) is 0 Å². The van der Waals surface area contributed by atoms with Gasteiger partial charge in [-0.2, -0.15) is 0 Å². The van der Waals surface area contributed by atoms with Gasteiger partial charge in [0, 0.05) is 17.8 Å². The van der Waals surface area contributed by atoms with Gasteiger partial charge in [0.05, 0.1) is 0 Å². The Morgan fingerprint density at radius 3 is 2.00 bits per heavy atom. The molecule has 4 aromatic rings. The molecule has 0 fully saturated rings. The van der Waals surface area contributed by atoms with Crippen molar-refractivity contribution in [3.63, 3.8) is 0 Å². The van der Waals surface area contributed by atoms with Gasteiger partial charge in [-0.3, -0.25) is 0 Å². The minimum absolute atomic E-state index is 0.928.